The van der Waals surface area contributed by atoms with Crippen molar-refractivity contribution in [2.45, 2.75) is 83.5 Å². The van der Waals surface area contributed by atoms with E-state index in [-0.39, 0.29) is 30.2 Å². The van der Waals surface area contributed by atoms with Crippen LogP contribution in [0.4, 0.5) is 0 Å². The van der Waals surface area contributed by atoms with Crippen molar-refractivity contribution in [2.75, 3.05) is 0 Å². The SMILES string of the molecule is CC(C)OC(=O)CCCC=CC[C@@H]1C(=CCC(=O)CCc2ccccc2)C(O)CC1O. The summed E-state index contributed by atoms with van der Waals surface area (Å²) in [5.41, 5.74) is 1.91. The summed E-state index contributed by atoms with van der Waals surface area (Å²) in [4.78, 5) is 23.8. The van der Waals surface area contributed by atoms with Gasteiger partial charge in [-0.3, -0.25) is 9.59 Å². The summed E-state index contributed by atoms with van der Waals surface area (Å²) in [6.45, 7) is 3.67. The Morgan fingerprint density at radius 1 is 1.13 bits per heavy atom. The highest BCUT2D eigenvalue weighted by molar-refractivity contribution is 5.80. The zero-order valence-corrected chi connectivity index (χ0v) is 18.7. The molecule has 1 aromatic rings. The molecule has 0 amide bonds. The molecule has 2 unspecified atom stereocenters. The minimum Gasteiger partial charge on any atom is -0.463 e. The Bertz CT molecular complexity index is 750. The van der Waals surface area contributed by atoms with Gasteiger partial charge in [-0.2, -0.15) is 0 Å². The molecule has 0 spiro atoms. The molecule has 1 aliphatic rings. The van der Waals surface area contributed by atoms with Crippen LogP contribution in [0.15, 0.2) is 54.1 Å². The smallest absolute Gasteiger partial charge is 0.306 e. The quantitative estimate of drug-likeness (QED) is 0.294. The maximum Gasteiger partial charge on any atom is 0.306 e. The molecule has 5 heteroatoms. The third-order valence-electron chi connectivity index (χ3n) is 5.52. The van der Waals surface area contributed by atoms with Crippen molar-refractivity contribution in [3.05, 3.63) is 59.7 Å². The molecule has 0 bridgehead atoms. The number of ether oxygens (including phenoxy) is 1. The van der Waals surface area contributed by atoms with E-state index < -0.39 is 12.2 Å². The number of aliphatic hydroxyl groups excluding tert-OH is 2. The van der Waals surface area contributed by atoms with E-state index in [1.54, 1.807) is 0 Å². The lowest BCUT2D eigenvalue weighted by Gasteiger charge is -2.14. The molecular weight excluding hydrogens is 392 g/mol. The molecule has 0 radical (unpaired) electrons. The number of hydrogen-bond acceptors (Lipinski definition) is 5. The fraction of sp³-hybridized carbons (Fsp3) is 0.538. The Kier molecular flexibility index (Phi) is 10.7. The number of hydrogen-bond donors (Lipinski definition) is 2. The predicted molar refractivity (Wildman–Crippen MR) is 121 cm³/mol. The van der Waals surface area contributed by atoms with Crippen LogP contribution >= 0.6 is 0 Å². The molecule has 2 N–H and O–H groups in total. The zero-order chi connectivity index (χ0) is 22.6. The van der Waals surface area contributed by atoms with E-state index in [4.69, 9.17) is 4.74 Å². The van der Waals surface area contributed by atoms with E-state index in [0.717, 1.165) is 24.0 Å². The molecule has 0 saturated heterocycles. The highest BCUT2D eigenvalue weighted by atomic mass is 16.5. The van der Waals surface area contributed by atoms with Crippen molar-refractivity contribution in [2.24, 2.45) is 5.92 Å². The van der Waals surface area contributed by atoms with Gasteiger partial charge in [0.1, 0.15) is 5.78 Å². The number of aryl methyl sites for hydroxylation is 1. The fourth-order valence-corrected chi connectivity index (χ4v) is 3.89. The van der Waals surface area contributed by atoms with E-state index >= 15 is 0 Å². The first-order chi connectivity index (χ1) is 14.9. The number of allylic oxidation sites excluding steroid dienone is 3. The molecule has 0 heterocycles. The van der Waals surface area contributed by atoms with Crippen LogP contribution in [0.2, 0.25) is 0 Å². The third kappa shape index (κ3) is 9.19. The van der Waals surface area contributed by atoms with Crippen molar-refractivity contribution >= 4 is 11.8 Å². The molecule has 5 nitrogen and oxygen atoms in total. The summed E-state index contributed by atoms with van der Waals surface area (Å²) < 4.78 is 5.11. The van der Waals surface area contributed by atoms with Gasteiger partial charge in [0.25, 0.3) is 0 Å². The molecule has 170 valence electrons. The molecular formula is C26H36O5. The van der Waals surface area contributed by atoms with E-state index in [2.05, 4.69) is 0 Å². The predicted octanol–water partition coefficient (Wildman–Crippen LogP) is 4.31. The summed E-state index contributed by atoms with van der Waals surface area (Å²) in [6, 6.07) is 9.91. The number of aliphatic hydroxyl groups is 2. The summed E-state index contributed by atoms with van der Waals surface area (Å²) in [5, 5.41) is 20.6. The van der Waals surface area contributed by atoms with Crippen LogP contribution in [0.5, 0.6) is 0 Å². The van der Waals surface area contributed by atoms with Crippen LogP contribution in [0.1, 0.15) is 64.4 Å². The molecule has 31 heavy (non-hydrogen) atoms. The topological polar surface area (TPSA) is 83.8 Å². The van der Waals surface area contributed by atoms with Crippen LogP contribution in [0.25, 0.3) is 0 Å². The Morgan fingerprint density at radius 2 is 1.87 bits per heavy atom. The lowest BCUT2D eigenvalue weighted by molar-refractivity contribution is -0.147. The Balaban J connectivity index is 1.78. The van der Waals surface area contributed by atoms with Gasteiger partial charge >= 0.3 is 5.97 Å². The lowest BCUT2D eigenvalue weighted by Crippen LogP contribution is -2.14. The normalized spacial score (nSPS) is 22.5. The maximum absolute atomic E-state index is 12.3. The Hall–Kier alpha value is -2.24. The van der Waals surface area contributed by atoms with Crippen molar-refractivity contribution in [1.82, 2.24) is 0 Å². The van der Waals surface area contributed by atoms with Crippen molar-refractivity contribution < 1.29 is 24.5 Å². The van der Waals surface area contributed by atoms with Crippen LogP contribution in [0.3, 0.4) is 0 Å². The molecule has 3 atom stereocenters. The highest BCUT2D eigenvalue weighted by Gasteiger charge is 2.35. The van der Waals surface area contributed by atoms with E-state index in [1.807, 2.05) is 62.4 Å². The Morgan fingerprint density at radius 3 is 2.58 bits per heavy atom. The molecule has 1 aromatic carbocycles. The number of carbonyl (C=O) groups excluding carboxylic acids is 2. The molecule has 1 aliphatic carbocycles. The second kappa shape index (κ2) is 13.2. The van der Waals surface area contributed by atoms with Gasteiger partial charge < -0.3 is 14.9 Å². The second-order valence-corrected chi connectivity index (χ2v) is 8.50. The number of rotatable bonds is 12. The van der Waals surface area contributed by atoms with E-state index in [9.17, 15) is 19.8 Å². The first kappa shape index (κ1) is 25.0. The van der Waals surface area contributed by atoms with Crippen molar-refractivity contribution in [3.8, 4) is 0 Å². The lowest BCUT2D eigenvalue weighted by atomic mass is 9.94. The molecule has 1 saturated carbocycles. The minimum atomic E-state index is -0.693. The van der Waals surface area contributed by atoms with Crippen LogP contribution in [-0.4, -0.2) is 40.3 Å². The average molecular weight is 429 g/mol. The highest BCUT2D eigenvalue weighted by Crippen LogP contribution is 2.35. The average Bonchev–Trinajstić information content (AvgIpc) is 3.00. The number of carbonyl (C=O) groups is 2. The number of benzene rings is 1. The molecule has 1 fully saturated rings. The number of Topliss-reactive ketones (excluding diaryl/α,β-unsaturated/α-hetero) is 1. The molecule has 0 aliphatic heterocycles. The van der Waals surface area contributed by atoms with E-state index in [1.165, 1.54) is 0 Å². The van der Waals surface area contributed by atoms with Crippen LogP contribution < -0.4 is 0 Å². The van der Waals surface area contributed by atoms with Gasteiger partial charge in [-0.25, -0.2) is 0 Å². The molecule has 2 rings (SSSR count). The van der Waals surface area contributed by atoms with Crippen LogP contribution in [-0.2, 0) is 20.7 Å². The van der Waals surface area contributed by atoms with Gasteiger partial charge in [-0.1, -0.05) is 48.6 Å². The van der Waals surface area contributed by atoms with Crippen molar-refractivity contribution in [3.63, 3.8) is 0 Å². The number of ketones is 1. The fourth-order valence-electron chi connectivity index (χ4n) is 3.89. The minimum absolute atomic E-state index is 0.0891. The van der Waals surface area contributed by atoms with Gasteiger partial charge in [0.05, 0.1) is 18.3 Å². The summed E-state index contributed by atoms with van der Waals surface area (Å²) in [6.07, 6.45) is 8.67. The Labute approximate surface area is 185 Å². The summed E-state index contributed by atoms with van der Waals surface area (Å²) in [5.74, 6) is -0.216. The van der Waals surface area contributed by atoms with E-state index in [0.29, 0.717) is 32.1 Å². The van der Waals surface area contributed by atoms with Crippen molar-refractivity contribution in [1.29, 1.82) is 0 Å². The van der Waals surface area contributed by atoms with Crippen LogP contribution in [0, 0.1) is 5.92 Å². The van der Waals surface area contributed by atoms with Gasteiger partial charge in [-0.05, 0) is 50.7 Å². The second-order valence-electron chi connectivity index (χ2n) is 8.50. The van der Waals surface area contributed by atoms with Gasteiger partial charge in [0.2, 0.25) is 0 Å². The van der Waals surface area contributed by atoms with Gasteiger partial charge in [-0.15, -0.1) is 0 Å². The first-order valence-corrected chi connectivity index (χ1v) is 11.3. The maximum atomic E-state index is 12.3. The van der Waals surface area contributed by atoms with Gasteiger partial charge in [0.15, 0.2) is 0 Å². The summed E-state index contributed by atoms with van der Waals surface area (Å²) in [7, 11) is 0. The zero-order valence-electron chi connectivity index (χ0n) is 18.7. The largest absolute Gasteiger partial charge is 0.463 e. The monoisotopic (exact) mass is 428 g/mol. The number of unbranched alkanes of at least 4 members (excludes halogenated alkanes) is 1. The summed E-state index contributed by atoms with van der Waals surface area (Å²) >= 11 is 0. The first-order valence-electron chi connectivity index (χ1n) is 11.3. The molecule has 0 aromatic heterocycles. The third-order valence-corrected chi connectivity index (χ3v) is 5.52. The standard InChI is InChI=1S/C26H36O5/c1-19(2)31-26(30)13-9-4-3-8-12-22-23(25(29)18-24(22)28)17-16-21(27)15-14-20-10-6-5-7-11-20/h3,5-8,10-11,17,19,22,24-25,28-29H,4,9,12-16,18H2,1-2H3/t22-,24?,25?/m1/s1. The van der Waals surface area contributed by atoms with Gasteiger partial charge in [0, 0.05) is 31.6 Å². The number of esters is 1.